The number of ether oxygens (including phenoxy) is 2. The van der Waals surface area contributed by atoms with Crippen LogP contribution in [-0.2, 0) is 0 Å². The second-order valence-electron chi connectivity index (χ2n) is 13.7. The Balaban J connectivity index is 0.000000111. The van der Waals surface area contributed by atoms with Crippen molar-refractivity contribution in [3.8, 4) is 11.5 Å². The lowest BCUT2D eigenvalue weighted by molar-refractivity contribution is 0.192. The van der Waals surface area contributed by atoms with Gasteiger partial charge in [0.1, 0.15) is 11.5 Å². The Morgan fingerprint density at radius 1 is 0.553 bits per heavy atom. The first-order valence-electron chi connectivity index (χ1n) is 15.7. The molecule has 0 amide bonds. The van der Waals surface area contributed by atoms with Crippen LogP contribution in [0.1, 0.15) is 75.3 Å². The second kappa shape index (κ2) is 8.03. The van der Waals surface area contributed by atoms with Crippen molar-refractivity contribution in [1.29, 1.82) is 0 Å². The normalized spacial score (nSPS) is 41.9. The third-order valence-electron chi connectivity index (χ3n) is 12.5. The monoisotopic (exact) mass is 504 g/mol. The zero-order valence-corrected chi connectivity index (χ0v) is 22.5. The van der Waals surface area contributed by atoms with Crippen LogP contribution >= 0.6 is 0 Å². The Bertz CT molecular complexity index is 1250. The van der Waals surface area contributed by atoms with Gasteiger partial charge in [-0.1, -0.05) is 87.1 Å². The molecule has 38 heavy (non-hydrogen) atoms. The Labute approximate surface area is 227 Å². The molecule has 2 nitrogen and oxygen atoms in total. The summed E-state index contributed by atoms with van der Waals surface area (Å²) in [6.45, 7) is 1.85. The summed E-state index contributed by atoms with van der Waals surface area (Å²) in [6, 6.07) is 17.2. The highest BCUT2D eigenvalue weighted by atomic mass is 16.5. The van der Waals surface area contributed by atoms with Gasteiger partial charge in [-0.3, -0.25) is 0 Å². The van der Waals surface area contributed by atoms with Crippen molar-refractivity contribution in [3.05, 3.63) is 71.8 Å². The Morgan fingerprint density at radius 3 is 1.53 bits per heavy atom. The molecule has 0 radical (unpaired) electrons. The van der Waals surface area contributed by atoms with Crippen LogP contribution < -0.4 is 9.47 Å². The van der Waals surface area contributed by atoms with Gasteiger partial charge in [-0.25, -0.2) is 0 Å². The number of para-hydroxylation sites is 2. The Kier molecular flexibility index (Phi) is 4.72. The highest BCUT2D eigenvalue weighted by Crippen LogP contribution is 2.77. The van der Waals surface area contributed by atoms with Crippen molar-refractivity contribution in [2.75, 3.05) is 13.2 Å². The summed E-state index contributed by atoms with van der Waals surface area (Å²) in [4.78, 5) is 0. The smallest absolute Gasteiger partial charge is 0.126 e. The molecule has 2 spiro atoms. The van der Waals surface area contributed by atoms with Gasteiger partial charge in [0.2, 0.25) is 0 Å². The molecule has 2 heteroatoms. The first-order valence-corrected chi connectivity index (χ1v) is 15.7. The lowest BCUT2D eigenvalue weighted by Gasteiger charge is -2.32. The lowest BCUT2D eigenvalue weighted by atomic mass is 9.78. The van der Waals surface area contributed by atoms with Crippen molar-refractivity contribution >= 4 is 11.1 Å². The quantitative estimate of drug-likeness (QED) is 0.358. The first-order chi connectivity index (χ1) is 18.8. The molecule has 10 rings (SSSR count). The molecule has 6 aliphatic carbocycles. The molecule has 8 atom stereocenters. The van der Waals surface area contributed by atoms with Crippen LogP contribution in [0.15, 0.2) is 60.7 Å². The zero-order valence-electron chi connectivity index (χ0n) is 22.5. The van der Waals surface area contributed by atoms with Gasteiger partial charge in [0, 0.05) is 23.0 Å². The van der Waals surface area contributed by atoms with Crippen molar-refractivity contribution in [2.45, 2.75) is 64.2 Å². The van der Waals surface area contributed by atoms with E-state index in [1.807, 2.05) is 0 Å². The summed E-state index contributed by atoms with van der Waals surface area (Å²) in [5.41, 5.74) is 7.21. The van der Waals surface area contributed by atoms with E-state index < -0.39 is 0 Å². The third kappa shape index (κ3) is 2.85. The fourth-order valence-electron chi connectivity index (χ4n) is 10.8. The van der Waals surface area contributed by atoms with Crippen molar-refractivity contribution in [3.63, 3.8) is 0 Å². The van der Waals surface area contributed by atoms with Crippen LogP contribution in [0.25, 0.3) is 11.1 Å². The maximum Gasteiger partial charge on any atom is 0.126 e. The highest BCUT2D eigenvalue weighted by Gasteiger charge is 2.71. The number of rotatable bonds is 0. The molecule has 2 heterocycles. The molecule has 0 aromatic heterocycles. The van der Waals surface area contributed by atoms with Crippen LogP contribution in [0.3, 0.4) is 0 Å². The van der Waals surface area contributed by atoms with Crippen LogP contribution in [0, 0.1) is 46.3 Å². The van der Waals surface area contributed by atoms with E-state index in [0.29, 0.717) is 22.7 Å². The van der Waals surface area contributed by atoms with E-state index in [0.717, 1.165) is 48.4 Å². The largest absolute Gasteiger partial charge is 0.492 e. The Morgan fingerprint density at radius 2 is 1.03 bits per heavy atom. The molecular weight excluding hydrogens is 464 g/mol. The molecule has 2 aliphatic heterocycles. The van der Waals surface area contributed by atoms with E-state index >= 15 is 0 Å². The minimum atomic E-state index is 0.610. The van der Waals surface area contributed by atoms with Gasteiger partial charge in [0.05, 0.1) is 13.2 Å². The average Bonchev–Trinajstić information content (AvgIpc) is 3.73. The molecule has 196 valence electrons. The van der Waals surface area contributed by atoms with Crippen molar-refractivity contribution < 1.29 is 9.47 Å². The summed E-state index contributed by atoms with van der Waals surface area (Å²) >= 11 is 0. The van der Waals surface area contributed by atoms with Gasteiger partial charge in [-0.05, 0) is 83.5 Å². The van der Waals surface area contributed by atoms with E-state index in [2.05, 4.69) is 60.7 Å². The van der Waals surface area contributed by atoms with Gasteiger partial charge in [0.25, 0.3) is 0 Å². The number of allylic oxidation sites excluding steroid dienone is 2. The number of benzene rings is 2. The van der Waals surface area contributed by atoms with Gasteiger partial charge >= 0.3 is 0 Å². The third-order valence-corrected chi connectivity index (χ3v) is 12.5. The maximum absolute atomic E-state index is 6.08. The van der Waals surface area contributed by atoms with Gasteiger partial charge < -0.3 is 9.47 Å². The van der Waals surface area contributed by atoms with Crippen LogP contribution in [0.4, 0.5) is 0 Å². The minimum absolute atomic E-state index is 0.610. The summed E-state index contributed by atoms with van der Waals surface area (Å²) in [5, 5.41) is 0. The summed E-state index contributed by atoms with van der Waals surface area (Å²) < 4.78 is 12.2. The van der Waals surface area contributed by atoms with E-state index in [-0.39, 0.29) is 0 Å². The molecule has 2 aromatic carbocycles. The molecule has 4 saturated carbocycles. The topological polar surface area (TPSA) is 18.5 Å². The van der Waals surface area contributed by atoms with Crippen molar-refractivity contribution in [2.24, 2.45) is 46.3 Å². The van der Waals surface area contributed by atoms with E-state index in [1.165, 1.54) is 75.3 Å². The number of hydrogen-bond donors (Lipinski definition) is 0. The second-order valence-corrected chi connectivity index (χ2v) is 13.7. The first kappa shape index (κ1) is 22.3. The van der Waals surface area contributed by atoms with Gasteiger partial charge in [0.15, 0.2) is 0 Å². The molecule has 8 aliphatic rings. The summed E-state index contributed by atoms with van der Waals surface area (Å²) in [5.74, 6) is 7.31. The fourth-order valence-corrected chi connectivity index (χ4v) is 10.8. The number of hydrogen-bond acceptors (Lipinski definition) is 2. The van der Waals surface area contributed by atoms with E-state index in [9.17, 15) is 0 Å². The highest BCUT2D eigenvalue weighted by molar-refractivity contribution is 5.79. The molecule has 0 saturated heterocycles. The molecular formula is C36H40O2. The van der Waals surface area contributed by atoms with Gasteiger partial charge in [-0.2, -0.15) is 0 Å². The minimum Gasteiger partial charge on any atom is -0.492 e. The average molecular weight is 505 g/mol. The molecule has 0 unspecified atom stereocenters. The van der Waals surface area contributed by atoms with E-state index in [4.69, 9.17) is 9.47 Å². The standard InChI is InChI=1S/2C18H20O/c2*1-2-7-14-15-10-13-12-6-3-4-8-17(12)19-11-16(13)18(14,15)9-5-1/h2*3-4,6,8,10,14-16H,1-2,5,7,9,11H2/t2*14-,15-,16-,18+/m11/s1. The predicted molar refractivity (Wildman–Crippen MR) is 152 cm³/mol. The van der Waals surface area contributed by atoms with Gasteiger partial charge in [-0.15, -0.1) is 0 Å². The van der Waals surface area contributed by atoms with Crippen LogP contribution in [-0.4, -0.2) is 13.2 Å². The number of fused-ring (bicyclic) bond motifs is 8. The van der Waals surface area contributed by atoms with E-state index in [1.54, 1.807) is 11.1 Å². The molecule has 2 aromatic rings. The summed E-state index contributed by atoms with van der Waals surface area (Å²) in [7, 11) is 0. The SMILES string of the molecule is C1=C2c3ccccc3OC[C@H]2[C@@]23CCCCC[C@@H]2[C@@H]13.C1=C2c3ccccc3OC[C@H]2[C@@]23CCCCC[C@@H]2[C@@H]13. The lowest BCUT2D eigenvalue weighted by Crippen LogP contribution is -2.28. The van der Waals surface area contributed by atoms with Crippen LogP contribution in [0.5, 0.6) is 11.5 Å². The molecule has 4 fully saturated rings. The van der Waals surface area contributed by atoms with Crippen molar-refractivity contribution in [1.82, 2.24) is 0 Å². The Hall–Kier alpha value is -2.48. The molecule has 0 N–H and O–H groups in total. The zero-order chi connectivity index (χ0) is 24.9. The van der Waals surface area contributed by atoms with Crippen LogP contribution in [0.2, 0.25) is 0 Å². The summed E-state index contributed by atoms with van der Waals surface area (Å²) in [6.07, 6.45) is 19.8. The molecule has 0 bridgehead atoms. The fraction of sp³-hybridized carbons (Fsp3) is 0.556. The maximum atomic E-state index is 6.08. The predicted octanol–water partition coefficient (Wildman–Crippen LogP) is 8.58.